The average molecular weight is 224 g/mol. The van der Waals surface area contributed by atoms with E-state index >= 15 is 0 Å². The number of imidazole rings is 1. The van der Waals surface area contributed by atoms with E-state index in [1.165, 1.54) is 0 Å². The summed E-state index contributed by atoms with van der Waals surface area (Å²) in [4.78, 5) is 4.32. The fraction of sp³-hybridized carbons (Fsp3) is 0. The first-order valence-corrected chi connectivity index (χ1v) is 5.35. The molecule has 3 aromatic rings. The van der Waals surface area contributed by atoms with Crippen LogP contribution in [0.1, 0.15) is 0 Å². The molecule has 0 atom stereocenters. The topological polar surface area (TPSA) is 69.9 Å². The van der Waals surface area contributed by atoms with Gasteiger partial charge in [-0.25, -0.2) is 4.98 Å². The molecule has 0 radical (unpaired) electrons. The molecule has 4 N–H and O–H groups in total. The van der Waals surface area contributed by atoms with E-state index in [0.717, 1.165) is 16.7 Å². The van der Waals surface area contributed by atoms with E-state index in [9.17, 15) is 0 Å². The molecule has 0 unspecified atom stereocenters. The number of anilines is 2. The number of nitrogens with two attached hydrogens (primary N) is 2. The first-order chi connectivity index (χ1) is 8.27. The van der Waals surface area contributed by atoms with Gasteiger partial charge in [-0.15, -0.1) is 0 Å². The maximum Gasteiger partial charge on any atom is 0.206 e. The highest BCUT2D eigenvalue weighted by molar-refractivity contribution is 5.82. The molecule has 0 aliphatic heterocycles. The van der Waals surface area contributed by atoms with Crippen LogP contribution in [0.25, 0.3) is 16.7 Å². The van der Waals surface area contributed by atoms with Crippen molar-refractivity contribution >= 4 is 22.7 Å². The molecule has 0 spiro atoms. The number of hydrogen-bond acceptors (Lipinski definition) is 3. The van der Waals surface area contributed by atoms with Crippen LogP contribution in [0, 0.1) is 0 Å². The van der Waals surface area contributed by atoms with Gasteiger partial charge >= 0.3 is 0 Å². The minimum Gasteiger partial charge on any atom is -0.397 e. The van der Waals surface area contributed by atoms with Crippen molar-refractivity contribution in [2.45, 2.75) is 0 Å². The van der Waals surface area contributed by atoms with E-state index in [4.69, 9.17) is 11.5 Å². The molecule has 0 amide bonds. The van der Waals surface area contributed by atoms with E-state index in [-0.39, 0.29) is 0 Å². The standard InChI is InChI=1S/C13H12N4/c14-9-5-1-3-7-11(9)17-12-8-4-2-6-10(12)16-13(17)15/h1-8H,14H2,(H2,15,16). The summed E-state index contributed by atoms with van der Waals surface area (Å²) in [6.45, 7) is 0. The highest BCUT2D eigenvalue weighted by atomic mass is 15.2. The monoisotopic (exact) mass is 224 g/mol. The van der Waals surface area contributed by atoms with Crippen molar-refractivity contribution in [1.82, 2.24) is 9.55 Å². The molecule has 84 valence electrons. The largest absolute Gasteiger partial charge is 0.397 e. The molecule has 3 rings (SSSR count). The molecular weight excluding hydrogens is 212 g/mol. The molecule has 17 heavy (non-hydrogen) atoms. The van der Waals surface area contributed by atoms with Crippen molar-refractivity contribution in [3.05, 3.63) is 48.5 Å². The quantitative estimate of drug-likeness (QED) is 0.622. The molecule has 0 aliphatic rings. The highest BCUT2D eigenvalue weighted by Gasteiger charge is 2.10. The number of benzene rings is 2. The Morgan fingerprint density at radius 3 is 2.41 bits per heavy atom. The normalized spacial score (nSPS) is 10.8. The van der Waals surface area contributed by atoms with E-state index in [0.29, 0.717) is 11.6 Å². The smallest absolute Gasteiger partial charge is 0.206 e. The van der Waals surface area contributed by atoms with Crippen molar-refractivity contribution in [2.75, 3.05) is 11.5 Å². The van der Waals surface area contributed by atoms with Gasteiger partial charge in [-0.3, -0.25) is 4.57 Å². The third-order valence-electron chi connectivity index (χ3n) is 2.76. The van der Waals surface area contributed by atoms with Crippen LogP contribution >= 0.6 is 0 Å². The lowest BCUT2D eigenvalue weighted by molar-refractivity contribution is 1.11. The zero-order valence-corrected chi connectivity index (χ0v) is 9.17. The molecule has 0 saturated heterocycles. The summed E-state index contributed by atoms with van der Waals surface area (Å²) in [5.41, 5.74) is 15.3. The van der Waals surface area contributed by atoms with Crippen LogP contribution in [0.15, 0.2) is 48.5 Å². The Bertz CT molecular complexity index is 685. The van der Waals surface area contributed by atoms with Crippen LogP contribution in [0.2, 0.25) is 0 Å². The maximum atomic E-state index is 5.97. The molecule has 1 aromatic heterocycles. The predicted molar refractivity (Wildman–Crippen MR) is 69.9 cm³/mol. The molecule has 0 bridgehead atoms. The lowest BCUT2D eigenvalue weighted by atomic mass is 10.2. The zero-order chi connectivity index (χ0) is 11.8. The van der Waals surface area contributed by atoms with Gasteiger partial charge in [0.1, 0.15) is 0 Å². The van der Waals surface area contributed by atoms with Crippen LogP contribution < -0.4 is 11.5 Å². The Balaban J connectivity index is 2.38. The van der Waals surface area contributed by atoms with Gasteiger partial charge in [0.15, 0.2) is 0 Å². The highest BCUT2D eigenvalue weighted by Crippen LogP contribution is 2.25. The number of para-hydroxylation sites is 4. The first-order valence-electron chi connectivity index (χ1n) is 5.35. The molecule has 4 heteroatoms. The van der Waals surface area contributed by atoms with E-state index < -0.39 is 0 Å². The summed E-state index contributed by atoms with van der Waals surface area (Å²) in [6.07, 6.45) is 0. The molecule has 2 aromatic carbocycles. The van der Waals surface area contributed by atoms with Crippen molar-refractivity contribution < 1.29 is 0 Å². The molecule has 1 heterocycles. The predicted octanol–water partition coefficient (Wildman–Crippen LogP) is 2.19. The molecular formula is C13H12N4. The van der Waals surface area contributed by atoms with E-state index in [1.54, 1.807) is 0 Å². The number of rotatable bonds is 1. The molecule has 0 fully saturated rings. The van der Waals surface area contributed by atoms with Crippen LogP contribution in [-0.4, -0.2) is 9.55 Å². The lowest BCUT2D eigenvalue weighted by Gasteiger charge is -2.08. The van der Waals surface area contributed by atoms with Crippen LogP contribution in [-0.2, 0) is 0 Å². The summed E-state index contributed by atoms with van der Waals surface area (Å²) in [5, 5.41) is 0. The Hall–Kier alpha value is -2.49. The fourth-order valence-corrected chi connectivity index (χ4v) is 1.99. The minimum absolute atomic E-state index is 0.448. The van der Waals surface area contributed by atoms with Crippen molar-refractivity contribution in [3.8, 4) is 5.69 Å². The Morgan fingerprint density at radius 2 is 1.59 bits per heavy atom. The summed E-state index contributed by atoms with van der Waals surface area (Å²) >= 11 is 0. The first kappa shape index (κ1) is 9.72. The van der Waals surface area contributed by atoms with Crippen molar-refractivity contribution in [2.24, 2.45) is 0 Å². The fourth-order valence-electron chi connectivity index (χ4n) is 1.99. The van der Waals surface area contributed by atoms with Gasteiger partial charge in [0.2, 0.25) is 5.95 Å². The van der Waals surface area contributed by atoms with Gasteiger partial charge in [0.05, 0.1) is 22.4 Å². The van der Waals surface area contributed by atoms with Gasteiger partial charge < -0.3 is 11.5 Å². The van der Waals surface area contributed by atoms with Gasteiger partial charge in [-0.05, 0) is 24.3 Å². The average Bonchev–Trinajstić information content (AvgIpc) is 2.66. The molecule has 0 aliphatic carbocycles. The van der Waals surface area contributed by atoms with Crippen LogP contribution in [0.5, 0.6) is 0 Å². The number of hydrogen-bond donors (Lipinski definition) is 2. The lowest BCUT2D eigenvalue weighted by Crippen LogP contribution is -2.03. The summed E-state index contributed by atoms with van der Waals surface area (Å²) in [5.74, 6) is 0.448. The summed E-state index contributed by atoms with van der Waals surface area (Å²) in [7, 11) is 0. The summed E-state index contributed by atoms with van der Waals surface area (Å²) in [6, 6.07) is 15.4. The number of fused-ring (bicyclic) bond motifs is 1. The van der Waals surface area contributed by atoms with Crippen LogP contribution in [0.3, 0.4) is 0 Å². The van der Waals surface area contributed by atoms with Gasteiger partial charge in [-0.2, -0.15) is 0 Å². The Labute approximate surface area is 98.5 Å². The third kappa shape index (κ3) is 1.42. The van der Waals surface area contributed by atoms with Gasteiger partial charge in [0.25, 0.3) is 0 Å². The van der Waals surface area contributed by atoms with E-state index in [1.807, 2.05) is 53.1 Å². The van der Waals surface area contributed by atoms with Gasteiger partial charge in [-0.1, -0.05) is 24.3 Å². The zero-order valence-electron chi connectivity index (χ0n) is 9.17. The van der Waals surface area contributed by atoms with Crippen molar-refractivity contribution in [3.63, 3.8) is 0 Å². The van der Waals surface area contributed by atoms with Crippen molar-refractivity contribution in [1.29, 1.82) is 0 Å². The number of nitrogens with zero attached hydrogens (tertiary/aromatic N) is 2. The number of aromatic nitrogens is 2. The Morgan fingerprint density at radius 1 is 0.882 bits per heavy atom. The van der Waals surface area contributed by atoms with Gasteiger partial charge in [0, 0.05) is 0 Å². The van der Waals surface area contributed by atoms with E-state index in [2.05, 4.69) is 4.98 Å². The second kappa shape index (κ2) is 3.52. The molecule has 4 nitrogen and oxygen atoms in total. The third-order valence-corrected chi connectivity index (χ3v) is 2.76. The minimum atomic E-state index is 0.448. The SMILES string of the molecule is Nc1ccccc1-n1c(N)nc2ccccc21. The second-order valence-corrected chi connectivity index (χ2v) is 3.85. The Kier molecular flexibility index (Phi) is 2.01. The maximum absolute atomic E-state index is 5.97. The summed E-state index contributed by atoms with van der Waals surface area (Å²) < 4.78 is 1.87. The second-order valence-electron chi connectivity index (χ2n) is 3.85. The van der Waals surface area contributed by atoms with Crippen LogP contribution in [0.4, 0.5) is 11.6 Å². The molecule has 0 saturated carbocycles. The number of nitrogen functional groups attached to an aromatic ring is 2.